The van der Waals surface area contributed by atoms with Crippen molar-refractivity contribution in [3.8, 4) is 10.7 Å². The zero-order valence-corrected chi connectivity index (χ0v) is 20.9. The molecule has 1 N–H and O–H groups in total. The van der Waals surface area contributed by atoms with E-state index in [1.54, 1.807) is 11.3 Å². The highest BCUT2D eigenvalue weighted by Crippen LogP contribution is 2.36. The lowest BCUT2D eigenvalue weighted by Gasteiger charge is -2.15. The summed E-state index contributed by atoms with van der Waals surface area (Å²) in [6.45, 7) is 8.82. The first-order chi connectivity index (χ1) is 15.3. The highest BCUT2D eigenvalue weighted by atomic mass is 35.5. The van der Waals surface area contributed by atoms with Crippen LogP contribution in [0.4, 0.5) is 0 Å². The Morgan fingerprint density at radius 2 is 1.41 bits per heavy atom. The molecule has 0 bridgehead atoms. The van der Waals surface area contributed by atoms with Gasteiger partial charge in [0.05, 0.1) is 4.88 Å². The molecule has 0 saturated carbocycles. The Morgan fingerprint density at radius 3 is 1.94 bits per heavy atom. The van der Waals surface area contributed by atoms with Crippen molar-refractivity contribution in [3.05, 3.63) is 85.2 Å². The summed E-state index contributed by atoms with van der Waals surface area (Å²) in [6.07, 6.45) is 1.67. The third kappa shape index (κ3) is 5.06. The molecule has 4 aromatic rings. The average Bonchev–Trinajstić information content (AvgIpc) is 3.41. The maximum absolute atomic E-state index is 6.30. The molecule has 0 amide bonds. The summed E-state index contributed by atoms with van der Waals surface area (Å²) in [6, 6.07) is 14.6. The second-order valence-corrected chi connectivity index (χ2v) is 10.7. The van der Waals surface area contributed by atoms with Crippen LogP contribution in [0.2, 0.25) is 10.0 Å². The summed E-state index contributed by atoms with van der Waals surface area (Å²) in [5, 5.41) is 16.3. The van der Waals surface area contributed by atoms with Crippen molar-refractivity contribution in [2.75, 3.05) is 0 Å². The summed E-state index contributed by atoms with van der Waals surface area (Å²) < 4.78 is 0. The Morgan fingerprint density at radius 1 is 0.812 bits per heavy atom. The SMILES string of the molecule is CC(C)c1cc(Cl)ccc1Cc1cc(-c2nn[nH]n2)sc1Cc1ccc(Cl)cc1C(C)C. The number of benzene rings is 2. The van der Waals surface area contributed by atoms with Crippen LogP contribution in [0.5, 0.6) is 0 Å². The van der Waals surface area contributed by atoms with Gasteiger partial charge >= 0.3 is 0 Å². The number of H-pyrrole nitrogens is 1. The van der Waals surface area contributed by atoms with Gasteiger partial charge in [-0.05, 0) is 81.6 Å². The van der Waals surface area contributed by atoms with Gasteiger partial charge in [0.25, 0.3) is 0 Å². The first-order valence-electron chi connectivity index (χ1n) is 10.7. The van der Waals surface area contributed by atoms with Crippen LogP contribution in [-0.2, 0) is 12.8 Å². The van der Waals surface area contributed by atoms with E-state index in [4.69, 9.17) is 23.2 Å². The van der Waals surface area contributed by atoms with E-state index >= 15 is 0 Å². The Bertz CT molecular complexity index is 1140. The molecule has 32 heavy (non-hydrogen) atoms. The van der Waals surface area contributed by atoms with Crippen molar-refractivity contribution >= 4 is 34.5 Å². The minimum atomic E-state index is 0.395. The minimum Gasteiger partial charge on any atom is -0.177 e. The molecular weight excluding hydrogens is 459 g/mol. The highest BCUT2D eigenvalue weighted by molar-refractivity contribution is 7.15. The van der Waals surface area contributed by atoms with Crippen molar-refractivity contribution in [2.24, 2.45) is 0 Å². The van der Waals surface area contributed by atoms with Crippen molar-refractivity contribution in [1.82, 2.24) is 20.6 Å². The summed E-state index contributed by atoms with van der Waals surface area (Å²) in [5.74, 6) is 1.42. The zero-order chi connectivity index (χ0) is 22.8. The summed E-state index contributed by atoms with van der Waals surface area (Å²) in [4.78, 5) is 2.32. The molecule has 4 nitrogen and oxygen atoms in total. The summed E-state index contributed by atoms with van der Waals surface area (Å²) in [7, 11) is 0. The molecule has 0 radical (unpaired) electrons. The number of nitrogens with one attached hydrogen (secondary N) is 1. The number of aromatic amines is 1. The van der Waals surface area contributed by atoms with Crippen LogP contribution < -0.4 is 0 Å². The van der Waals surface area contributed by atoms with Gasteiger partial charge in [-0.3, -0.25) is 0 Å². The number of halogens is 2. The van der Waals surface area contributed by atoms with Crippen LogP contribution in [0.15, 0.2) is 42.5 Å². The lowest BCUT2D eigenvalue weighted by atomic mass is 9.91. The fourth-order valence-electron chi connectivity index (χ4n) is 4.05. The van der Waals surface area contributed by atoms with E-state index in [0.717, 1.165) is 27.8 Å². The molecule has 7 heteroatoms. The zero-order valence-electron chi connectivity index (χ0n) is 18.6. The molecule has 4 rings (SSSR count). The fourth-order valence-corrected chi connectivity index (χ4v) is 5.54. The average molecular weight is 485 g/mol. The maximum atomic E-state index is 6.30. The molecule has 2 aromatic carbocycles. The van der Waals surface area contributed by atoms with Crippen LogP contribution in [0.3, 0.4) is 0 Å². The normalized spacial score (nSPS) is 11.6. The second kappa shape index (κ2) is 9.74. The van der Waals surface area contributed by atoms with Gasteiger partial charge in [0, 0.05) is 21.3 Å². The molecule has 0 atom stereocenters. The van der Waals surface area contributed by atoms with Crippen molar-refractivity contribution in [1.29, 1.82) is 0 Å². The summed E-state index contributed by atoms with van der Waals surface area (Å²) in [5.41, 5.74) is 6.44. The van der Waals surface area contributed by atoms with Gasteiger partial charge in [-0.15, -0.1) is 21.5 Å². The number of tetrazole rings is 1. The first-order valence-corrected chi connectivity index (χ1v) is 12.3. The van der Waals surface area contributed by atoms with E-state index in [2.05, 4.69) is 78.7 Å². The Kier molecular flexibility index (Phi) is 6.99. The van der Waals surface area contributed by atoms with Crippen LogP contribution in [0.25, 0.3) is 10.7 Å². The third-order valence-electron chi connectivity index (χ3n) is 5.65. The monoisotopic (exact) mass is 484 g/mol. The molecule has 166 valence electrons. The number of hydrogen-bond acceptors (Lipinski definition) is 4. The maximum Gasteiger partial charge on any atom is 0.214 e. The molecule has 2 aromatic heterocycles. The van der Waals surface area contributed by atoms with E-state index in [1.807, 2.05) is 12.1 Å². The molecule has 2 heterocycles. The van der Waals surface area contributed by atoms with Gasteiger partial charge in [-0.2, -0.15) is 5.21 Å². The van der Waals surface area contributed by atoms with Crippen molar-refractivity contribution in [3.63, 3.8) is 0 Å². The second-order valence-electron chi connectivity index (χ2n) is 8.64. The molecule has 0 aliphatic carbocycles. The first kappa shape index (κ1) is 23.0. The fraction of sp³-hybridized carbons (Fsp3) is 0.320. The molecule has 0 saturated heterocycles. The van der Waals surface area contributed by atoms with E-state index < -0.39 is 0 Å². The van der Waals surface area contributed by atoms with E-state index in [0.29, 0.717) is 17.7 Å². The van der Waals surface area contributed by atoms with Crippen molar-refractivity contribution in [2.45, 2.75) is 52.4 Å². The van der Waals surface area contributed by atoms with E-state index in [9.17, 15) is 0 Å². The van der Waals surface area contributed by atoms with E-state index in [1.165, 1.54) is 32.7 Å². The van der Waals surface area contributed by atoms with Crippen LogP contribution in [0.1, 0.15) is 72.2 Å². The number of rotatable bonds is 7. The number of hydrogen-bond donors (Lipinski definition) is 1. The lowest BCUT2D eigenvalue weighted by Crippen LogP contribution is -2.01. The Hall–Kier alpha value is -2.21. The van der Waals surface area contributed by atoms with Gasteiger partial charge in [0.1, 0.15) is 0 Å². The molecule has 0 unspecified atom stereocenters. The molecule has 0 fully saturated rings. The van der Waals surface area contributed by atoms with Gasteiger partial charge < -0.3 is 0 Å². The lowest BCUT2D eigenvalue weighted by molar-refractivity contribution is 0.844. The topological polar surface area (TPSA) is 54.5 Å². The summed E-state index contributed by atoms with van der Waals surface area (Å²) >= 11 is 14.3. The van der Waals surface area contributed by atoms with Gasteiger partial charge in [-0.25, -0.2) is 0 Å². The largest absolute Gasteiger partial charge is 0.214 e. The van der Waals surface area contributed by atoms with Crippen LogP contribution in [0, 0.1) is 0 Å². The number of aromatic nitrogens is 4. The molecular formula is C25H26Cl2N4S. The van der Waals surface area contributed by atoms with Gasteiger partial charge in [0.2, 0.25) is 5.82 Å². The van der Waals surface area contributed by atoms with Crippen molar-refractivity contribution < 1.29 is 0 Å². The quantitative estimate of drug-likeness (QED) is 0.292. The van der Waals surface area contributed by atoms with Gasteiger partial charge in [-0.1, -0.05) is 63.0 Å². The number of nitrogens with zero attached hydrogens (tertiary/aromatic N) is 3. The standard InChI is InChI=1S/C25H26Cl2N4S/c1-14(2)21-12-19(26)7-5-16(21)9-18-11-24(25-28-30-31-29-25)32-23(18)10-17-6-8-20(27)13-22(17)15(3)4/h5-8,11-15H,9-10H2,1-4H3,(H,28,29,30,31). The Balaban J connectivity index is 1.77. The molecule has 0 aliphatic rings. The van der Waals surface area contributed by atoms with Crippen LogP contribution in [-0.4, -0.2) is 20.6 Å². The smallest absolute Gasteiger partial charge is 0.177 e. The molecule has 0 aliphatic heterocycles. The number of thiophene rings is 1. The highest BCUT2D eigenvalue weighted by Gasteiger charge is 2.18. The Labute approximate surface area is 203 Å². The minimum absolute atomic E-state index is 0.395. The predicted octanol–water partition coefficient (Wildman–Crippen LogP) is 7.66. The van der Waals surface area contributed by atoms with Gasteiger partial charge in [0.15, 0.2) is 0 Å². The third-order valence-corrected chi connectivity index (χ3v) is 7.30. The predicted molar refractivity (Wildman–Crippen MR) is 134 cm³/mol. The van der Waals surface area contributed by atoms with E-state index in [-0.39, 0.29) is 0 Å². The van der Waals surface area contributed by atoms with Crippen LogP contribution >= 0.6 is 34.5 Å². The molecule has 0 spiro atoms.